The zero-order valence-corrected chi connectivity index (χ0v) is 8.89. The Balaban J connectivity index is 2.96. The molecule has 0 heterocycles. The van der Waals surface area contributed by atoms with E-state index in [-0.39, 0.29) is 0 Å². The van der Waals surface area contributed by atoms with Gasteiger partial charge in [0.15, 0.2) is 0 Å². The molecule has 0 saturated carbocycles. The lowest BCUT2D eigenvalue weighted by Crippen LogP contribution is -2.02. The number of hydrogen-bond acceptors (Lipinski definition) is 0. The average Bonchev–Trinajstić information content (AvgIpc) is 1.88. The first kappa shape index (κ1) is 7.54. The Morgan fingerprint density at radius 1 is 1.30 bits per heavy atom. The smallest absolute Gasteiger partial charge is 0.0385 e. The third kappa shape index (κ3) is 1.71. The minimum atomic E-state index is 0.675. The molecule has 0 unspecified atom stereocenters. The molecular weight excluding hydrogens is 136 g/mol. The van der Waals surface area contributed by atoms with E-state index in [9.17, 15) is 0 Å². The van der Waals surface area contributed by atoms with Crippen LogP contribution in [0.25, 0.3) is 0 Å². The lowest BCUT2D eigenvalue weighted by atomic mass is 10.0. The Morgan fingerprint density at radius 3 is 2.40 bits per heavy atom. The van der Waals surface area contributed by atoms with Crippen molar-refractivity contribution in [3.8, 4) is 0 Å². The normalized spacial score (nSPS) is 10.7. The van der Waals surface area contributed by atoms with Crippen LogP contribution in [0, 0.1) is 0 Å². The van der Waals surface area contributed by atoms with Crippen molar-refractivity contribution in [2.75, 3.05) is 0 Å². The summed E-state index contributed by atoms with van der Waals surface area (Å²) in [5.41, 5.74) is 1.47. The molecule has 0 N–H and O–H groups in total. The molecule has 10 heavy (non-hydrogen) atoms. The monoisotopic (exact) mass is 150 g/mol. The molecule has 0 aromatic heterocycles. The van der Waals surface area contributed by atoms with Crippen LogP contribution < -0.4 is 5.19 Å². The van der Waals surface area contributed by atoms with Gasteiger partial charge in [-0.1, -0.05) is 43.3 Å². The highest BCUT2D eigenvalue weighted by Gasteiger charge is 1.96. The van der Waals surface area contributed by atoms with Gasteiger partial charge in [0.2, 0.25) is 0 Å². The van der Waals surface area contributed by atoms with E-state index < -0.39 is 0 Å². The molecule has 54 valence electrons. The summed E-state index contributed by atoms with van der Waals surface area (Å²) in [6, 6.07) is 8.85. The second-order valence-electron chi connectivity index (χ2n) is 3.07. The highest BCUT2D eigenvalue weighted by Crippen LogP contribution is 2.10. The topological polar surface area (TPSA) is 0 Å². The zero-order chi connectivity index (χ0) is 7.56. The fraction of sp³-hybridized carbons (Fsp3) is 0.333. The van der Waals surface area contributed by atoms with Crippen molar-refractivity contribution in [3.63, 3.8) is 0 Å². The summed E-state index contributed by atoms with van der Waals surface area (Å²) in [6.07, 6.45) is 0. The van der Waals surface area contributed by atoms with Crippen LogP contribution >= 0.6 is 0 Å². The van der Waals surface area contributed by atoms with Crippen LogP contribution in [0.3, 0.4) is 0 Å². The SMILES string of the molecule is CC(C)c1cccc([SiH3])c1. The zero-order valence-electron chi connectivity index (χ0n) is 6.89. The average molecular weight is 150 g/mol. The molecule has 0 nitrogen and oxygen atoms in total. The molecule has 1 rings (SSSR count). The third-order valence-corrected chi connectivity index (χ3v) is 2.33. The predicted molar refractivity (Wildman–Crippen MR) is 50.1 cm³/mol. The lowest BCUT2D eigenvalue weighted by molar-refractivity contribution is 0.868. The molecule has 0 atom stereocenters. The summed E-state index contributed by atoms with van der Waals surface area (Å²) in [5, 5.41) is 1.49. The Kier molecular flexibility index (Phi) is 2.28. The number of hydrogen-bond donors (Lipinski definition) is 0. The Bertz CT molecular complexity index is 216. The van der Waals surface area contributed by atoms with Crippen LogP contribution in [0.4, 0.5) is 0 Å². The van der Waals surface area contributed by atoms with Gasteiger partial charge in [0.05, 0.1) is 0 Å². The minimum Gasteiger partial charge on any atom is -0.0705 e. The highest BCUT2D eigenvalue weighted by atomic mass is 28.1. The van der Waals surface area contributed by atoms with E-state index in [0.717, 1.165) is 0 Å². The van der Waals surface area contributed by atoms with Crippen LogP contribution in [-0.4, -0.2) is 10.2 Å². The third-order valence-electron chi connectivity index (χ3n) is 1.71. The quantitative estimate of drug-likeness (QED) is 0.520. The molecule has 0 spiro atoms. The molecule has 0 fully saturated rings. The van der Waals surface area contributed by atoms with Crippen LogP contribution in [0.5, 0.6) is 0 Å². The molecule has 0 aliphatic heterocycles. The lowest BCUT2D eigenvalue weighted by Gasteiger charge is -2.04. The van der Waals surface area contributed by atoms with Gasteiger partial charge in [-0.2, -0.15) is 0 Å². The van der Waals surface area contributed by atoms with Crippen molar-refractivity contribution in [3.05, 3.63) is 29.8 Å². The van der Waals surface area contributed by atoms with Gasteiger partial charge in [0, 0.05) is 10.2 Å². The van der Waals surface area contributed by atoms with E-state index in [1.165, 1.54) is 21.0 Å². The second-order valence-corrected chi connectivity index (χ2v) is 4.22. The van der Waals surface area contributed by atoms with Gasteiger partial charge in [-0.25, -0.2) is 0 Å². The van der Waals surface area contributed by atoms with E-state index in [1.807, 2.05) is 0 Å². The summed E-state index contributed by atoms with van der Waals surface area (Å²) in [6.45, 7) is 4.46. The fourth-order valence-corrected chi connectivity index (χ4v) is 1.56. The maximum atomic E-state index is 2.30. The van der Waals surface area contributed by atoms with Gasteiger partial charge in [-0.3, -0.25) is 0 Å². The maximum absolute atomic E-state index is 2.30. The van der Waals surface area contributed by atoms with Crippen LogP contribution in [0.1, 0.15) is 25.3 Å². The van der Waals surface area contributed by atoms with Gasteiger partial charge in [-0.05, 0) is 11.5 Å². The van der Waals surface area contributed by atoms with Gasteiger partial charge in [-0.15, -0.1) is 0 Å². The molecule has 0 saturated heterocycles. The summed E-state index contributed by atoms with van der Waals surface area (Å²) in [7, 11) is 1.17. The van der Waals surface area contributed by atoms with Gasteiger partial charge in [0.25, 0.3) is 0 Å². The van der Waals surface area contributed by atoms with Gasteiger partial charge in [0.1, 0.15) is 0 Å². The van der Waals surface area contributed by atoms with E-state index in [4.69, 9.17) is 0 Å². The first-order valence-electron chi connectivity index (χ1n) is 3.76. The number of rotatable bonds is 1. The fourth-order valence-electron chi connectivity index (χ4n) is 1.03. The van der Waals surface area contributed by atoms with Crippen LogP contribution in [-0.2, 0) is 0 Å². The van der Waals surface area contributed by atoms with Crippen molar-refractivity contribution < 1.29 is 0 Å². The van der Waals surface area contributed by atoms with E-state index in [0.29, 0.717) is 5.92 Å². The maximum Gasteiger partial charge on any atom is 0.0385 e. The van der Waals surface area contributed by atoms with Crippen molar-refractivity contribution in [1.29, 1.82) is 0 Å². The van der Waals surface area contributed by atoms with Crippen molar-refractivity contribution in [1.82, 2.24) is 0 Å². The second kappa shape index (κ2) is 3.02. The molecule has 1 heteroatoms. The minimum absolute atomic E-state index is 0.675. The molecule has 1 aromatic rings. The first-order chi connectivity index (χ1) is 4.70. The van der Waals surface area contributed by atoms with Crippen molar-refractivity contribution >= 4 is 15.4 Å². The Hall–Kier alpha value is -0.563. The van der Waals surface area contributed by atoms with Crippen molar-refractivity contribution in [2.24, 2.45) is 0 Å². The summed E-state index contributed by atoms with van der Waals surface area (Å²) in [4.78, 5) is 0. The van der Waals surface area contributed by atoms with E-state index >= 15 is 0 Å². The van der Waals surface area contributed by atoms with E-state index in [1.54, 1.807) is 0 Å². The molecule has 0 amide bonds. The van der Waals surface area contributed by atoms with E-state index in [2.05, 4.69) is 38.1 Å². The summed E-state index contributed by atoms with van der Waals surface area (Å²) >= 11 is 0. The standard InChI is InChI=1S/C9H14Si/c1-7(2)8-4-3-5-9(10)6-8/h3-7H,1-2,10H3. The molecule has 0 aliphatic rings. The molecular formula is C9H14Si. The first-order valence-corrected chi connectivity index (χ1v) is 4.76. The summed E-state index contributed by atoms with van der Waals surface area (Å²) in [5.74, 6) is 0.675. The van der Waals surface area contributed by atoms with Gasteiger partial charge < -0.3 is 0 Å². The van der Waals surface area contributed by atoms with Gasteiger partial charge >= 0.3 is 0 Å². The molecule has 0 radical (unpaired) electrons. The van der Waals surface area contributed by atoms with Crippen molar-refractivity contribution in [2.45, 2.75) is 19.8 Å². The molecule has 0 aliphatic carbocycles. The highest BCUT2D eigenvalue weighted by molar-refractivity contribution is 6.32. The Morgan fingerprint density at radius 2 is 2.00 bits per heavy atom. The molecule has 0 bridgehead atoms. The number of benzene rings is 1. The largest absolute Gasteiger partial charge is 0.0705 e. The van der Waals surface area contributed by atoms with Crippen LogP contribution in [0.15, 0.2) is 24.3 Å². The predicted octanol–water partition coefficient (Wildman–Crippen LogP) is 0.801. The summed E-state index contributed by atoms with van der Waals surface area (Å²) < 4.78 is 0. The van der Waals surface area contributed by atoms with Crippen LogP contribution in [0.2, 0.25) is 0 Å². The molecule has 1 aromatic carbocycles. The Labute approximate surface area is 65.7 Å².